The molecule has 5 atom stereocenters. The third-order valence-electron chi connectivity index (χ3n) is 6.15. The number of para-hydroxylation sites is 1. The molecule has 3 fully saturated rings. The second kappa shape index (κ2) is 3.92. The number of carbonyl (C=O) groups excluding carboxylic acids is 1. The van der Waals surface area contributed by atoms with Crippen LogP contribution in [-0.4, -0.2) is 34.3 Å². The number of hydrogen-bond acceptors (Lipinski definition) is 3. The third kappa shape index (κ3) is 1.37. The summed E-state index contributed by atoms with van der Waals surface area (Å²) in [5.41, 5.74) is 2.88. The fraction of sp³-hybridized carbons (Fsp3) is 0.444. The minimum absolute atomic E-state index is 0.328. The van der Waals surface area contributed by atoms with Crippen LogP contribution in [0, 0.1) is 11.8 Å². The van der Waals surface area contributed by atoms with E-state index in [0.29, 0.717) is 23.4 Å². The predicted molar refractivity (Wildman–Crippen MR) is 81.0 cm³/mol. The molecule has 5 rings (SSSR count). The molecule has 3 heteroatoms. The van der Waals surface area contributed by atoms with Gasteiger partial charge in [0.05, 0.1) is 5.52 Å². The zero-order valence-corrected chi connectivity index (χ0v) is 11.9. The van der Waals surface area contributed by atoms with Crippen LogP contribution in [0.2, 0.25) is 0 Å². The van der Waals surface area contributed by atoms with Crippen LogP contribution in [0.3, 0.4) is 0 Å². The molecular weight excluding hydrogens is 260 g/mol. The van der Waals surface area contributed by atoms with E-state index in [9.17, 15) is 4.79 Å². The Labute approximate surface area is 124 Å². The molecule has 1 spiro atoms. The highest BCUT2D eigenvalue weighted by atomic mass is 16.1. The van der Waals surface area contributed by atoms with Gasteiger partial charge in [-0.1, -0.05) is 18.2 Å². The number of pyridine rings is 1. The lowest BCUT2D eigenvalue weighted by Crippen LogP contribution is -2.46. The van der Waals surface area contributed by atoms with Gasteiger partial charge in [0, 0.05) is 29.1 Å². The van der Waals surface area contributed by atoms with E-state index in [1.807, 2.05) is 12.3 Å². The first-order valence-electron chi connectivity index (χ1n) is 7.89. The maximum atomic E-state index is 11.1. The van der Waals surface area contributed by atoms with Gasteiger partial charge in [-0.05, 0) is 49.4 Å². The van der Waals surface area contributed by atoms with Gasteiger partial charge in [-0.3, -0.25) is 9.88 Å². The van der Waals surface area contributed by atoms with Crippen LogP contribution in [0.1, 0.15) is 18.4 Å². The minimum Gasteiger partial charge on any atom is -0.303 e. The molecule has 3 aliphatic rings. The molecule has 0 bridgehead atoms. The monoisotopic (exact) mass is 278 g/mol. The van der Waals surface area contributed by atoms with Crippen LogP contribution < -0.4 is 0 Å². The van der Waals surface area contributed by atoms with E-state index in [1.54, 1.807) is 0 Å². The van der Waals surface area contributed by atoms with Gasteiger partial charge < -0.3 is 4.79 Å². The van der Waals surface area contributed by atoms with Gasteiger partial charge >= 0.3 is 0 Å². The predicted octanol–water partition coefficient (Wildman–Crippen LogP) is 2.44. The van der Waals surface area contributed by atoms with Crippen molar-refractivity contribution in [1.29, 1.82) is 0 Å². The van der Waals surface area contributed by atoms with Crippen molar-refractivity contribution in [3.63, 3.8) is 0 Å². The summed E-state index contributed by atoms with van der Waals surface area (Å²) in [6.07, 6.45) is 6.53. The molecule has 0 radical (unpaired) electrons. The van der Waals surface area contributed by atoms with Crippen molar-refractivity contribution in [2.24, 2.45) is 11.8 Å². The van der Waals surface area contributed by atoms with Crippen molar-refractivity contribution in [3.05, 3.63) is 42.1 Å². The number of carbonyl (C=O) groups is 1. The molecule has 1 saturated carbocycles. The van der Waals surface area contributed by atoms with Gasteiger partial charge in [0.15, 0.2) is 0 Å². The zero-order valence-electron chi connectivity index (χ0n) is 11.9. The molecule has 1 aromatic heterocycles. The quantitative estimate of drug-likeness (QED) is 0.638. The summed E-state index contributed by atoms with van der Waals surface area (Å²) in [5, 5.41) is 1.28. The molecule has 1 aliphatic carbocycles. The van der Waals surface area contributed by atoms with E-state index in [4.69, 9.17) is 0 Å². The van der Waals surface area contributed by atoms with Crippen molar-refractivity contribution in [2.45, 2.75) is 30.8 Å². The molecule has 106 valence electrons. The smallest absolute Gasteiger partial charge is 0.123 e. The van der Waals surface area contributed by atoms with Gasteiger partial charge in [0.1, 0.15) is 6.29 Å². The molecule has 21 heavy (non-hydrogen) atoms. The Kier molecular flexibility index (Phi) is 2.21. The highest BCUT2D eigenvalue weighted by molar-refractivity contribution is 5.82. The minimum atomic E-state index is 0.328. The van der Waals surface area contributed by atoms with Crippen LogP contribution in [0.5, 0.6) is 0 Å². The molecule has 0 N–H and O–H groups in total. The van der Waals surface area contributed by atoms with Crippen molar-refractivity contribution in [1.82, 2.24) is 9.88 Å². The maximum Gasteiger partial charge on any atom is 0.123 e. The molecule has 2 saturated heterocycles. The number of hydrogen-bond donors (Lipinski definition) is 0. The fourth-order valence-electron chi connectivity index (χ4n) is 5.15. The second-order valence-electron chi connectivity index (χ2n) is 6.79. The third-order valence-corrected chi connectivity index (χ3v) is 6.15. The molecule has 3 nitrogen and oxygen atoms in total. The van der Waals surface area contributed by atoms with E-state index in [0.717, 1.165) is 18.4 Å². The Morgan fingerprint density at radius 1 is 1.33 bits per heavy atom. The largest absolute Gasteiger partial charge is 0.303 e. The summed E-state index contributed by atoms with van der Waals surface area (Å²) in [5.74, 6) is 0.960. The summed E-state index contributed by atoms with van der Waals surface area (Å²) >= 11 is 0. The van der Waals surface area contributed by atoms with Crippen molar-refractivity contribution in [3.8, 4) is 0 Å². The topological polar surface area (TPSA) is 33.0 Å². The zero-order chi connectivity index (χ0) is 14.0. The number of aldehydes is 1. The van der Waals surface area contributed by atoms with Crippen molar-refractivity contribution >= 4 is 17.2 Å². The van der Waals surface area contributed by atoms with Gasteiger partial charge in [-0.25, -0.2) is 0 Å². The highest BCUT2D eigenvalue weighted by Gasteiger charge is 2.76. The van der Waals surface area contributed by atoms with Crippen LogP contribution >= 0.6 is 0 Å². The number of piperidine rings is 1. The lowest BCUT2D eigenvalue weighted by atomic mass is 9.62. The Hall–Kier alpha value is -1.74. The molecule has 2 aliphatic heterocycles. The van der Waals surface area contributed by atoms with E-state index in [2.05, 4.69) is 34.1 Å². The number of benzene rings is 1. The number of nitrogens with zero attached hydrogens (tertiary/aromatic N) is 2. The summed E-state index contributed by atoms with van der Waals surface area (Å²) in [6.45, 7) is 1.18. The average molecular weight is 278 g/mol. The van der Waals surface area contributed by atoms with E-state index < -0.39 is 0 Å². The average Bonchev–Trinajstić information content (AvgIpc) is 3.03. The van der Waals surface area contributed by atoms with Crippen molar-refractivity contribution in [2.75, 3.05) is 6.54 Å². The van der Waals surface area contributed by atoms with E-state index in [1.165, 1.54) is 30.2 Å². The molecule has 3 heterocycles. The Morgan fingerprint density at radius 2 is 2.24 bits per heavy atom. The Morgan fingerprint density at radius 3 is 3.14 bits per heavy atom. The molecule has 0 amide bonds. The van der Waals surface area contributed by atoms with Crippen LogP contribution in [0.4, 0.5) is 0 Å². The summed E-state index contributed by atoms with van der Waals surface area (Å²) in [6, 6.07) is 11.2. The highest BCUT2D eigenvalue weighted by Crippen LogP contribution is 2.67. The first-order valence-corrected chi connectivity index (χ1v) is 7.89. The molecule has 5 unspecified atom stereocenters. The van der Waals surface area contributed by atoms with Gasteiger partial charge in [0.2, 0.25) is 0 Å². The van der Waals surface area contributed by atoms with Crippen molar-refractivity contribution < 1.29 is 4.79 Å². The summed E-state index contributed by atoms with van der Waals surface area (Å²) in [7, 11) is 0. The van der Waals surface area contributed by atoms with E-state index >= 15 is 0 Å². The number of fused-ring (bicyclic) bond motifs is 1. The van der Waals surface area contributed by atoms with Gasteiger partial charge in [0.25, 0.3) is 0 Å². The van der Waals surface area contributed by atoms with Crippen LogP contribution in [-0.2, 0) is 11.2 Å². The number of aromatic nitrogens is 1. The first kappa shape index (κ1) is 11.9. The SMILES string of the molecule is O=CC1CC23C1CCN2C3Cc1ccnc2ccccc12. The van der Waals surface area contributed by atoms with Gasteiger partial charge in [-0.2, -0.15) is 0 Å². The first-order chi connectivity index (χ1) is 10.3. The Balaban J connectivity index is 1.46. The fourth-order valence-corrected chi connectivity index (χ4v) is 5.15. The molecule has 1 aromatic carbocycles. The van der Waals surface area contributed by atoms with Gasteiger partial charge in [-0.15, -0.1) is 0 Å². The molecular formula is C18H18N2O. The second-order valence-corrected chi connectivity index (χ2v) is 6.79. The normalized spacial score (nSPS) is 39.4. The van der Waals surface area contributed by atoms with Crippen LogP contribution in [0.15, 0.2) is 36.5 Å². The standard InChI is InChI=1S/C18H18N2O/c21-11-13-10-18-15(13)6-8-20(18)17(18)9-12-5-7-19-16-4-2-1-3-14(12)16/h1-5,7,11,13,15,17H,6,8-10H2. The van der Waals surface area contributed by atoms with E-state index in [-0.39, 0.29) is 0 Å². The summed E-state index contributed by atoms with van der Waals surface area (Å²) in [4.78, 5) is 18.2. The maximum absolute atomic E-state index is 11.1. The summed E-state index contributed by atoms with van der Waals surface area (Å²) < 4.78 is 0. The Bertz CT molecular complexity index is 738. The van der Waals surface area contributed by atoms with Crippen LogP contribution in [0.25, 0.3) is 10.9 Å². The molecule has 2 aromatic rings. The lowest BCUT2D eigenvalue weighted by molar-refractivity contribution is -0.117. The number of rotatable bonds is 3. The lowest BCUT2D eigenvalue weighted by Gasteiger charge is -2.40.